The van der Waals surface area contributed by atoms with Crippen molar-refractivity contribution in [1.82, 2.24) is 14.5 Å². The second-order valence-electron chi connectivity index (χ2n) is 6.84. The van der Waals surface area contributed by atoms with Gasteiger partial charge < -0.3 is 9.67 Å². The van der Waals surface area contributed by atoms with Crippen molar-refractivity contribution in [1.29, 1.82) is 0 Å². The van der Waals surface area contributed by atoms with Crippen LogP contribution in [-0.4, -0.2) is 25.6 Å². The fraction of sp³-hybridized carbons (Fsp3) is 0.526. The normalized spacial score (nSPS) is 14.7. The van der Waals surface area contributed by atoms with E-state index in [2.05, 4.69) is 48.3 Å². The van der Waals surface area contributed by atoms with Gasteiger partial charge in [-0.1, -0.05) is 6.07 Å². The van der Waals surface area contributed by atoms with Gasteiger partial charge in [-0.3, -0.25) is 4.90 Å². The van der Waals surface area contributed by atoms with Crippen molar-refractivity contribution < 1.29 is 5.11 Å². The van der Waals surface area contributed by atoms with Crippen molar-refractivity contribution in [2.75, 3.05) is 0 Å². The van der Waals surface area contributed by atoms with Crippen molar-refractivity contribution in [2.24, 2.45) is 7.05 Å². The Bertz CT molecular complexity index is 701. The highest BCUT2D eigenvalue weighted by Gasteiger charge is 2.30. The van der Waals surface area contributed by atoms with Crippen LogP contribution in [0.3, 0.4) is 0 Å². The van der Waals surface area contributed by atoms with Crippen molar-refractivity contribution in [3.05, 3.63) is 52.1 Å². The number of aliphatic hydroxyl groups excluding tert-OH is 1. The van der Waals surface area contributed by atoms with Crippen molar-refractivity contribution >= 4 is 0 Å². The maximum absolute atomic E-state index is 9.69. The van der Waals surface area contributed by atoms with E-state index in [-0.39, 0.29) is 6.61 Å². The van der Waals surface area contributed by atoms with Gasteiger partial charge in [-0.15, -0.1) is 0 Å². The second kappa shape index (κ2) is 6.46. The van der Waals surface area contributed by atoms with Crippen molar-refractivity contribution in [3.8, 4) is 0 Å². The first-order valence-electron chi connectivity index (χ1n) is 8.41. The van der Waals surface area contributed by atoms with Gasteiger partial charge in [0.25, 0.3) is 0 Å². The number of aromatic nitrogens is 2. The number of imidazole rings is 1. The molecule has 0 bridgehead atoms. The standard InChI is InChI=1S/C19H27N3O/c1-13-9-14(2)18(12-23)15(3)17(13)10-22(16-5-6-16)11-19-20-7-8-21(19)4/h7-9,16,23H,5-6,10-12H2,1-4H3. The Morgan fingerprint density at radius 2 is 1.87 bits per heavy atom. The minimum Gasteiger partial charge on any atom is -0.392 e. The van der Waals surface area contributed by atoms with Crippen LogP contribution in [0.15, 0.2) is 18.5 Å². The fourth-order valence-electron chi connectivity index (χ4n) is 3.45. The summed E-state index contributed by atoms with van der Waals surface area (Å²) < 4.78 is 2.10. The van der Waals surface area contributed by atoms with E-state index in [1.54, 1.807) is 0 Å². The lowest BCUT2D eigenvalue weighted by atomic mass is 9.93. The van der Waals surface area contributed by atoms with Crippen molar-refractivity contribution in [2.45, 2.75) is 59.4 Å². The first-order valence-corrected chi connectivity index (χ1v) is 8.41. The molecule has 0 saturated heterocycles. The lowest BCUT2D eigenvalue weighted by molar-refractivity contribution is 0.235. The molecule has 0 aliphatic heterocycles. The van der Waals surface area contributed by atoms with E-state index < -0.39 is 0 Å². The zero-order valence-corrected chi connectivity index (χ0v) is 14.6. The molecule has 0 atom stereocenters. The maximum Gasteiger partial charge on any atom is 0.122 e. The molecule has 4 heteroatoms. The van der Waals surface area contributed by atoms with Gasteiger partial charge in [0, 0.05) is 32.0 Å². The highest BCUT2D eigenvalue weighted by molar-refractivity contribution is 5.44. The first kappa shape index (κ1) is 16.2. The third-order valence-electron chi connectivity index (χ3n) is 5.14. The van der Waals surface area contributed by atoms with Crippen LogP contribution >= 0.6 is 0 Å². The smallest absolute Gasteiger partial charge is 0.122 e. The van der Waals surface area contributed by atoms with Gasteiger partial charge in [0.1, 0.15) is 5.82 Å². The highest BCUT2D eigenvalue weighted by atomic mass is 16.3. The van der Waals surface area contributed by atoms with Crippen LogP contribution in [0.4, 0.5) is 0 Å². The predicted molar refractivity (Wildman–Crippen MR) is 92.1 cm³/mol. The molecular formula is C19H27N3O. The Labute approximate surface area is 138 Å². The third-order valence-corrected chi connectivity index (χ3v) is 5.14. The van der Waals surface area contributed by atoms with E-state index in [0.717, 1.165) is 24.5 Å². The summed E-state index contributed by atoms with van der Waals surface area (Å²) in [5.74, 6) is 1.11. The number of rotatable bonds is 6. The summed E-state index contributed by atoms with van der Waals surface area (Å²) in [5, 5.41) is 9.69. The molecule has 23 heavy (non-hydrogen) atoms. The molecule has 0 amide bonds. The minimum absolute atomic E-state index is 0.119. The van der Waals surface area contributed by atoms with Gasteiger partial charge in [-0.25, -0.2) is 4.98 Å². The monoisotopic (exact) mass is 313 g/mol. The van der Waals surface area contributed by atoms with E-state index >= 15 is 0 Å². The van der Waals surface area contributed by atoms with Crippen LogP contribution in [0.1, 0.15) is 46.5 Å². The summed E-state index contributed by atoms with van der Waals surface area (Å²) in [5.41, 5.74) is 6.20. The molecule has 2 aromatic rings. The Balaban J connectivity index is 1.88. The van der Waals surface area contributed by atoms with Crippen LogP contribution in [0.25, 0.3) is 0 Å². The summed E-state index contributed by atoms with van der Waals surface area (Å²) in [4.78, 5) is 7.02. The molecule has 3 rings (SSSR count). The first-order chi connectivity index (χ1) is 11.0. The summed E-state index contributed by atoms with van der Waals surface area (Å²) in [6, 6.07) is 2.88. The van der Waals surface area contributed by atoms with Crippen LogP contribution in [-0.2, 0) is 26.7 Å². The number of benzene rings is 1. The number of aryl methyl sites for hydroxylation is 3. The lowest BCUT2D eigenvalue weighted by Gasteiger charge is -2.25. The summed E-state index contributed by atoms with van der Waals surface area (Å²) in [7, 11) is 2.06. The largest absolute Gasteiger partial charge is 0.392 e. The van der Waals surface area contributed by atoms with Crippen LogP contribution in [0.2, 0.25) is 0 Å². The maximum atomic E-state index is 9.69. The van der Waals surface area contributed by atoms with Gasteiger partial charge in [0.2, 0.25) is 0 Å². The fourth-order valence-corrected chi connectivity index (χ4v) is 3.45. The summed E-state index contributed by atoms with van der Waals surface area (Å²) >= 11 is 0. The minimum atomic E-state index is 0.119. The molecule has 4 nitrogen and oxygen atoms in total. The Hall–Kier alpha value is -1.65. The van der Waals surface area contributed by atoms with Gasteiger partial charge >= 0.3 is 0 Å². The molecule has 1 fully saturated rings. The molecule has 0 unspecified atom stereocenters. The van der Waals surface area contributed by atoms with E-state index in [4.69, 9.17) is 0 Å². The molecule has 124 valence electrons. The molecule has 1 aliphatic carbocycles. The topological polar surface area (TPSA) is 41.3 Å². The molecule has 0 radical (unpaired) electrons. The molecule has 0 spiro atoms. The van der Waals surface area contributed by atoms with Gasteiger partial charge in [-0.05, 0) is 61.4 Å². The van der Waals surface area contributed by atoms with E-state index in [1.807, 2.05) is 12.4 Å². The van der Waals surface area contributed by atoms with E-state index in [0.29, 0.717) is 6.04 Å². The zero-order valence-electron chi connectivity index (χ0n) is 14.6. The summed E-state index contributed by atoms with van der Waals surface area (Å²) in [6.45, 7) is 8.35. The second-order valence-corrected chi connectivity index (χ2v) is 6.84. The lowest BCUT2D eigenvalue weighted by Crippen LogP contribution is -2.27. The zero-order chi connectivity index (χ0) is 16.6. The molecule has 1 saturated carbocycles. The van der Waals surface area contributed by atoms with Crippen LogP contribution in [0, 0.1) is 20.8 Å². The molecule has 1 aromatic carbocycles. The van der Waals surface area contributed by atoms with Crippen molar-refractivity contribution in [3.63, 3.8) is 0 Å². The molecular weight excluding hydrogens is 286 g/mol. The number of aliphatic hydroxyl groups is 1. The van der Waals surface area contributed by atoms with E-state index in [9.17, 15) is 5.11 Å². The van der Waals surface area contributed by atoms with Crippen LogP contribution < -0.4 is 0 Å². The molecule has 1 aliphatic rings. The predicted octanol–water partition coefficient (Wildman–Crippen LogP) is 3.00. The average molecular weight is 313 g/mol. The van der Waals surface area contributed by atoms with Gasteiger partial charge in [0.05, 0.1) is 13.2 Å². The number of nitrogens with zero attached hydrogens (tertiary/aromatic N) is 3. The van der Waals surface area contributed by atoms with E-state index in [1.165, 1.54) is 35.1 Å². The number of hydrogen-bond acceptors (Lipinski definition) is 3. The molecule has 1 heterocycles. The highest BCUT2D eigenvalue weighted by Crippen LogP contribution is 2.32. The average Bonchev–Trinajstić information content (AvgIpc) is 3.27. The molecule has 1 N–H and O–H groups in total. The summed E-state index contributed by atoms with van der Waals surface area (Å²) in [6.07, 6.45) is 6.43. The molecule has 1 aromatic heterocycles. The number of hydrogen-bond donors (Lipinski definition) is 1. The van der Waals surface area contributed by atoms with Crippen LogP contribution in [0.5, 0.6) is 0 Å². The Morgan fingerprint density at radius 1 is 1.17 bits per heavy atom. The Morgan fingerprint density at radius 3 is 2.43 bits per heavy atom. The van der Waals surface area contributed by atoms with Gasteiger partial charge in [0.15, 0.2) is 0 Å². The Kier molecular flexibility index (Phi) is 4.55. The quantitative estimate of drug-likeness (QED) is 0.891. The van der Waals surface area contributed by atoms with Gasteiger partial charge in [-0.2, -0.15) is 0 Å². The SMILES string of the molecule is Cc1cc(C)c(CN(Cc2nccn2C)C2CC2)c(C)c1CO. The third kappa shape index (κ3) is 3.33.